The highest BCUT2D eigenvalue weighted by atomic mass is 32.2. The molecule has 4 rings (SSSR count). The Morgan fingerprint density at radius 1 is 1.09 bits per heavy atom. The van der Waals surface area contributed by atoms with Crippen molar-refractivity contribution < 1.29 is 18.0 Å². The minimum Gasteiger partial charge on any atom is -0.348 e. The average molecular weight is 622 g/mol. The van der Waals surface area contributed by atoms with Gasteiger partial charge in [0.05, 0.1) is 28.2 Å². The number of carbonyl (C=O) groups excluding carboxylic acids is 2. The van der Waals surface area contributed by atoms with Crippen LogP contribution in [-0.2, 0) is 27.8 Å². The predicted molar refractivity (Wildman–Crippen MR) is 173 cm³/mol. The largest absolute Gasteiger partial charge is 0.348 e. The maximum Gasteiger partial charge on any atom is 0.264 e. The quantitative estimate of drug-likeness (QED) is 0.184. The van der Waals surface area contributed by atoms with Crippen LogP contribution in [0.15, 0.2) is 59.6 Å². The van der Waals surface area contributed by atoms with Crippen LogP contribution in [0.3, 0.4) is 0 Å². The second-order valence-corrected chi connectivity index (χ2v) is 13.2. The molecule has 0 aliphatic heterocycles. The Hall–Kier alpha value is -3.70. The van der Waals surface area contributed by atoms with Crippen molar-refractivity contribution in [3.63, 3.8) is 0 Å². The van der Waals surface area contributed by atoms with Gasteiger partial charge in [0.2, 0.25) is 5.91 Å². The lowest BCUT2D eigenvalue weighted by Crippen LogP contribution is -2.37. The number of fused-ring (bicyclic) bond motifs is 1. The Bertz CT molecular complexity index is 1730. The van der Waals surface area contributed by atoms with Crippen LogP contribution in [0.1, 0.15) is 67.8 Å². The summed E-state index contributed by atoms with van der Waals surface area (Å²) < 4.78 is 29.7. The first-order chi connectivity index (χ1) is 20.4. The number of aryl methyl sites for hydroxylation is 2. The number of pyridine rings is 1. The van der Waals surface area contributed by atoms with Gasteiger partial charge in [-0.25, -0.2) is 18.1 Å². The van der Waals surface area contributed by atoms with Crippen LogP contribution in [0.4, 0.5) is 0 Å². The Morgan fingerprint density at radius 3 is 2.47 bits per heavy atom. The minimum atomic E-state index is -4.05. The number of imidazole rings is 1. The summed E-state index contributed by atoms with van der Waals surface area (Å²) in [7, 11) is -4.05. The van der Waals surface area contributed by atoms with E-state index >= 15 is 0 Å². The molecule has 0 saturated carbocycles. The molecule has 0 saturated heterocycles. The molecule has 0 spiro atoms. The van der Waals surface area contributed by atoms with Crippen molar-refractivity contribution in [3.05, 3.63) is 77.2 Å². The SMILES string of the molecule is CCCc1nc2c(C)cc(C(=O)N[C@@H](CS)CC(C)C)cc2n1Cc1ccc(-c2ccccc2S(=O)(=O)NC(C)=O)nc1. The van der Waals surface area contributed by atoms with Gasteiger partial charge in [-0.15, -0.1) is 0 Å². The summed E-state index contributed by atoms with van der Waals surface area (Å²) in [5.74, 6) is 1.13. The third kappa shape index (κ3) is 7.64. The number of hydrogen-bond acceptors (Lipinski definition) is 7. The molecule has 0 radical (unpaired) electrons. The van der Waals surface area contributed by atoms with Crippen LogP contribution in [0, 0.1) is 12.8 Å². The standard InChI is InChI=1S/C32H39N5O4S2/c1-6-9-30-35-31-21(4)15-24(32(39)34-25(19-42)14-20(2)3)16-28(31)37(30)18-23-12-13-27(33-17-23)26-10-7-8-11-29(26)43(40,41)36-22(5)38/h7-8,10-13,15-17,20,25,42H,6,9,14,18-19H2,1-5H3,(H,34,39)(H,36,38)/t25-/m1/s1. The molecule has 2 amide bonds. The molecule has 2 aromatic carbocycles. The van der Waals surface area contributed by atoms with Crippen molar-refractivity contribution in [1.82, 2.24) is 24.6 Å². The summed E-state index contributed by atoms with van der Waals surface area (Å²) in [6.45, 7) is 9.95. The maximum atomic E-state index is 13.3. The second kappa shape index (κ2) is 13.7. The lowest BCUT2D eigenvalue weighted by Gasteiger charge is -2.19. The summed E-state index contributed by atoms with van der Waals surface area (Å²) in [6.07, 6.45) is 4.24. The monoisotopic (exact) mass is 621 g/mol. The van der Waals surface area contributed by atoms with E-state index in [0.717, 1.165) is 54.2 Å². The van der Waals surface area contributed by atoms with Crippen LogP contribution < -0.4 is 10.0 Å². The lowest BCUT2D eigenvalue weighted by atomic mass is 10.0. The predicted octanol–water partition coefficient (Wildman–Crippen LogP) is 5.31. The van der Waals surface area contributed by atoms with Crippen molar-refractivity contribution in [3.8, 4) is 11.3 Å². The van der Waals surface area contributed by atoms with E-state index in [1.54, 1.807) is 30.5 Å². The van der Waals surface area contributed by atoms with Gasteiger partial charge < -0.3 is 9.88 Å². The second-order valence-electron chi connectivity index (χ2n) is 11.2. The summed E-state index contributed by atoms with van der Waals surface area (Å²) in [5.41, 5.74) is 4.98. The van der Waals surface area contributed by atoms with Crippen molar-refractivity contribution >= 4 is 45.5 Å². The van der Waals surface area contributed by atoms with Crippen molar-refractivity contribution in [2.24, 2.45) is 5.92 Å². The molecular weight excluding hydrogens is 583 g/mol. The molecule has 2 aromatic heterocycles. The molecule has 4 aromatic rings. The zero-order chi connectivity index (χ0) is 31.3. The number of nitrogens with zero attached hydrogens (tertiary/aromatic N) is 3. The zero-order valence-electron chi connectivity index (χ0n) is 25.2. The number of hydrogen-bond donors (Lipinski definition) is 3. The summed E-state index contributed by atoms with van der Waals surface area (Å²) >= 11 is 4.44. The van der Waals surface area contributed by atoms with Crippen molar-refractivity contribution in [2.45, 2.75) is 71.4 Å². The fourth-order valence-electron chi connectivity index (χ4n) is 5.20. The normalized spacial score (nSPS) is 12.4. The van der Waals surface area contributed by atoms with Crippen molar-refractivity contribution in [1.29, 1.82) is 0 Å². The van der Waals surface area contributed by atoms with Gasteiger partial charge in [0, 0.05) is 42.5 Å². The molecule has 1 atom stereocenters. The van der Waals surface area contributed by atoms with E-state index in [0.29, 0.717) is 35.0 Å². The summed E-state index contributed by atoms with van der Waals surface area (Å²) in [5, 5.41) is 3.13. The Labute approximate surface area is 259 Å². The molecule has 228 valence electrons. The number of aromatic nitrogens is 3. The number of rotatable bonds is 12. The molecule has 0 fully saturated rings. The Morgan fingerprint density at radius 2 is 1.84 bits per heavy atom. The third-order valence-corrected chi connectivity index (χ3v) is 9.00. The topological polar surface area (TPSA) is 123 Å². The van der Waals surface area contributed by atoms with Crippen LogP contribution in [0.25, 0.3) is 22.3 Å². The van der Waals surface area contributed by atoms with Crippen LogP contribution in [0.2, 0.25) is 0 Å². The molecule has 9 nitrogen and oxygen atoms in total. The number of thiol groups is 1. The van der Waals surface area contributed by atoms with Gasteiger partial charge in [-0.1, -0.05) is 45.0 Å². The third-order valence-electron chi connectivity index (χ3n) is 7.07. The van der Waals surface area contributed by atoms with Gasteiger partial charge in [0.1, 0.15) is 5.82 Å². The van der Waals surface area contributed by atoms with Gasteiger partial charge in [0.25, 0.3) is 15.9 Å². The maximum absolute atomic E-state index is 13.3. The first-order valence-electron chi connectivity index (χ1n) is 14.4. The molecular formula is C32H39N5O4S2. The highest BCUT2D eigenvalue weighted by Crippen LogP contribution is 2.27. The number of sulfonamides is 1. The smallest absolute Gasteiger partial charge is 0.264 e. The molecule has 11 heteroatoms. The highest BCUT2D eigenvalue weighted by Gasteiger charge is 2.22. The fourth-order valence-corrected chi connectivity index (χ4v) is 6.64. The summed E-state index contributed by atoms with van der Waals surface area (Å²) in [6, 6.07) is 13.9. The highest BCUT2D eigenvalue weighted by molar-refractivity contribution is 7.90. The molecule has 0 aliphatic carbocycles. The first-order valence-corrected chi connectivity index (χ1v) is 16.5. The molecule has 0 bridgehead atoms. The number of benzene rings is 2. The first kappa shape index (κ1) is 32.2. The molecule has 0 aliphatic rings. The molecule has 43 heavy (non-hydrogen) atoms. The van der Waals surface area contributed by atoms with Gasteiger partial charge in [-0.3, -0.25) is 14.6 Å². The lowest BCUT2D eigenvalue weighted by molar-refractivity contribution is -0.117. The molecule has 2 heterocycles. The van der Waals surface area contributed by atoms with E-state index in [1.807, 2.05) is 29.8 Å². The van der Waals surface area contributed by atoms with E-state index < -0.39 is 15.9 Å². The van der Waals surface area contributed by atoms with Gasteiger partial charge >= 0.3 is 0 Å². The van der Waals surface area contributed by atoms with E-state index in [-0.39, 0.29) is 16.8 Å². The van der Waals surface area contributed by atoms with E-state index in [2.05, 4.69) is 48.3 Å². The van der Waals surface area contributed by atoms with Crippen LogP contribution >= 0.6 is 12.6 Å². The Balaban J connectivity index is 1.68. The number of carbonyl (C=O) groups is 2. The molecule has 0 unspecified atom stereocenters. The van der Waals surface area contributed by atoms with Crippen LogP contribution in [-0.4, -0.2) is 46.6 Å². The van der Waals surface area contributed by atoms with E-state index in [1.165, 1.54) is 6.07 Å². The fraction of sp³-hybridized carbons (Fsp3) is 0.375. The average Bonchev–Trinajstić information content (AvgIpc) is 3.29. The van der Waals surface area contributed by atoms with Crippen molar-refractivity contribution in [2.75, 3.05) is 5.75 Å². The van der Waals surface area contributed by atoms with Gasteiger partial charge in [-0.05, 0) is 61.1 Å². The molecule has 2 N–H and O–H groups in total. The van der Waals surface area contributed by atoms with E-state index in [4.69, 9.17) is 4.98 Å². The van der Waals surface area contributed by atoms with Gasteiger partial charge in [0.15, 0.2) is 0 Å². The minimum absolute atomic E-state index is 0.0182. The number of amides is 2. The zero-order valence-corrected chi connectivity index (χ0v) is 26.9. The van der Waals surface area contributed by atoms with E-state index in [9.17, 15) is 18.0 Å². The van der Waals surface area contributed by atoms with Crippen LogP contribution in [0.5, 0.6) is 0 Å². The Kier molecular flexibility index (Phi) is 10.3. The van der Waals surface area contributed by atoms with Gasteiger partial charge in [-0.2, -0.15) is 12.6 Å². The number of nitrogens with one attached hydrogen (secondary N) is 2. The summed E-state index contributed by atoms with van der Waals surface area (Å²) in [4.78, 5) is 34.3.